The van der Waals surface area contributed by atoms with Crippen LogP contribution in [0.25, 0.3) is 49.3 Å². The number of hydrogen-bond donors (Lipinski definition) is 1. The van der Waals surface area contributed by atoms with Crippen LogP contribution in [0.3, 0.4) is 0 Å². The van der Waals surface area contributed by atoms with E-state index in [9.17, 15) is 13.2 Å². The molecule has 40 heavy (non-hydrogen) atoms. The lowest BCUT2D eigenvalue weighted by molar-refractivity contribution is 0.510. The van der Waals surface area contributed by atoms with Gasteiger partial charge in [-0.1, -0.05) is 37.1 Å². The van der Waals surface area contributed by atoms with Crippen LogP contribution in [0.5, 0.6) is 0 Å². The number of fused-ring (bicyclic) bond motifs is 3. The minimum absolute atomic E-state index is 0.0473. The Labute approximate surface area is 231 Å². The Balaban J connectivity index is 1.52. The van der Waals surface area contributed by atoms with Gasteiger partial charge in [-0.15, -0.1) is 0 Å². The van der Waals surface area contributed by atoms with Crippen molar-refractivity contribution < 1.29 is 8.42 Å². The van der Waals surface area contributed by atoms with E-state index in [-0.39, 0.29) is 17.6 Å². The number of rotatable bonds is 6. The molecule has 0 saturated heterocycles. The number of sulfone groups is 1. The summed E-state index contributed by atoms with van der Waals surface area (Å²) in [5.41, 5.74) is 6.10. The zero-order valence-corrected chi connectivity index (χ0v) is 23.2. The van der Waals surface area contributed by atoms with E-state index in [1.165, 1.54) is 10.9 Å². The van der Waals surface area contributed by atoms with Crippen molar-refractivity contribution in [2.45, 2.75) is 56.0 Å². The molecule has 1 aromatic carbocycles. The summed E-state index contributed by atoms with van der Waals surface area (Å²) < 4.78 is 28.9. The summed E-state index contributed by atoms with van der Waals surface area (Å²) in [6, 6.07) is 8.25. The summed E-state index contributed by atoms with van der Waals surface area (Å²) in [5, 5.41) is 5.17. The highest BCUT2D eigenvalue weighted by molar-refractivity contribution is 7.89. The molecular weight excluding hydrogens is 526 g/mol. The van der Waals surface area contributed by atoms with Crippen molar-refractivity contribution in [3.8, 4) is 22.4 Å². The lowest BCUT2D eigenvalue weighted by Crippen LogP contribution is -2.24. The summed E-state index contributed by atoms with van der Waals surface area (Å²) in [6.07, 6.45) is 12.1. The maximum absolute atomic E-state index is 13.6. The normalized spacial score (nSPS) is 17.1. The minimum Gasteiger partial charge on any atom is -0.339 e. The monoisotopic (exact) mass is 555 g/mol. The molecule has 0 atom stereocenters. The number of aromatic nitrogens is 6. The van der Waals surface area contributed by atoms with Gasteiger partial charge in [0.15, 0.2) is 9.84 Å². The van der Waals surface area contributed by atoms with Crippen LogP contribution in [-0.4, -0.2) is 43.6 Å². The molecule has 2 saturated carbocycles. The van der Waals surface area contributed by atoms with Crippen LogP contribution in [0.1, 0.15) is 50.1 Å². The van der Waals surface area contributed by atoms with Crippen molar-refractivity contribution in [3.63, 3.8) is 0 Å². The van der Waals surface area contributed by atoms with Gasteiger partial charge in [0.05, 0.1) is 34.5 Å². The molecule has 204 valence electrons. The van der Waals surface area contributed by atoms with Gasteiger partial charge in [-0.3, -0.25) is 13.8 Å². The third-order valence-electron chi connectivity index (χ3n) is 8.50. The molecule has 0 bridgehead atoms. The molecule has 2 aliphatic carbocycles. The van der Waals surface area contributed by atoms with E-state index in [0.717, 1.165) is 82.9 Å². The Bertz CT molecular complexity index is 2010. The summed E-state index contributed by atoms with van der Waals surface area (Å²) in [5.74, 6) is -0.224. The van der Waals surface area contributed by atoms with Gasteiger partial charge in [0.2, 0.25) is 0 Å². The summed E-state index contributed by atoms with van der Waals surface area (Å²) in [7, 11) is -1.49. The molecular formula is C29H29N7O3S. The highest BCUT2D eigenvalue weighted by Crippen LogP contribution is 2.50. The smallest absolute Gasteiger partial charge is 0.329 e. The van der Waals surface area contributed by atoms with E-state index in [4.69, 9.17) is 11.6 Å². The standard InChI is InChI=1S/C29H29N7O3S/c1-30-29(12-13-29)20-10-8-18(9-11-20)23-24-26-22(34(2)28(37)36(26)21-6-4-5-7-21)15-31-27(24)33-25(23)19-14-32-35(16-19)17-40(3,38)39/h8-11,14-16,21H,4-7,12-13,17H2,2-3H3,(H,31,33). The fraction of sp³-hybridized carbons (Fsp3) is 0.379. The first-order valence-corrected chi connectivity index (χ1v) is 15.6. The molecule has 4 heterocycles. The van der Waals surface area contributed by atoms with Crippen molar-refractivity contribution in [1.29, 1.82) is 0 Å². The second-order valence-corrected chi connectivity index (χ2v) is 13.4. The zero-order valence-electron chi connectivity index (χ0n) is 22.4. The number of pyridine rings is 1. The van der Waals surface area contributed by atoms with Crippen molar-refractivity contribution in [3.05, 3.63) is 70.3 Å². The molecule has 0 amide bonds. The van der Waals surface area contributed by atoms with Crippen LogP contribution >= 0.6 is 0 Å². The van der Waals surface area contributed by atoms with E-state index >= 15 is 0 Å². The van der Waals surface area contributed by atoms with Crippen LogP contribution in [0.2, 0.25) is 0 Å². The molecule has 4 aromatic heterocycles. The van der Waals surface area contributed by atoms with Gasteiger partial charge in [-0.25, -0.2) is 24.8 Å². The second kappa shape index (κ2) is 8.66. The number of aryl methyl sites for hydroxylation is 1. The van der Waals surface area contributed by atoms with Gasteiger partial charge in [-0.2, -0.15) is 5.10 Å². The topological polar surface area (TPSA) is 112 Å². The Morgan fingerprint density at radius 3 is 2.50 bits per heavy atom. The van der Waals surface area contributed by atoms with Crippen molar-refractivity contribution in [2.24, 2.45) is 7.05 Å². The fourth-order valence-corrected chi connectivity index (χ4v) is 6.94. The van der Waals surface area contributed by atoms with E-state index < -0.39 is 15.4 Å². The average Bonchev–Trinajstić information content (AvgIpc) is 3.29. The van der Waals surface area contributed by atoms with E-state index in [0.29, 0.717) is 5.65 Å². The molecule has 0 radical (unpaired) electrons. The minimum atomic E-state index is -3.28. The summed E-state index contributed by atoms with van der Waals surface area (Å²) in [6.45, 7) is 7.66. The highest BCUT2D eigenvalue weighted by Gasteiger charge is 2.52. The predicted octanol–water partition coefficient (Wildman–Crippen LogP) is 4.77. The van der Waals surface area contributed by atoms with E-state index in [1.807, 2.05) is 28.8 Å². The van der Waals surface area contributed by atoms with Crippen LogP contribution in [0, 0.1) is 6.57 Å². The number of hydrogen-bond acceptors (Lipinski definition) is 5. The fourth-order valence-electron chi connectivity index (χ4n) is 6.32. The first kappa shape index (κ1) is 24.8. The third-order valence-corrected chi connectivity index (χ3v) is 9.23. The van der Waals surface area contributed by atoms with Gasteiger partial charge in [0.25, 0.3) is 5.54 Å². The van der Waals surface area contributed by atoms with Crippen molar-refractivity contribution in [2.75, 3.05) is 6.26 Å². The molecule has 10 nitrogen and oxygen atoms in total. The SMILES string of the molecule is [C-]#[N+]C1(c2ccc(-c3c(-c4cnn(CS(C)(=O)=O)c4)[nH]c4ncc5c(c34)n(C3CCCC3)c(=O)n5C)cc2)CC1. The number of imidazole rings is 1. The largest absolute Gasteiger partial charge is 0.339 e. The molecule has 0 spiro atoms. The Morgan fingerprint density at radius 2 is 1.85 bits per heavy atom. The quantitative estimate of drug-likeness (QED) is 0.303. The summed E-state index contributed by atoms with van der Waals surface area (Å²) >= 11 is 0. The molecule has 0 unspecified atom stereocenters. The van der Waals surface area contributed by atoms with E-state index in [1.54, 1.807) is 30.2 Å². The molecule has 2 aliphatic rings. The third kappa shape index (κ3) is 3.81. The van der Waals surface area contributed by atoms with Crippen LogP contribution < -0.4 is 5.69 Å². The molecule has 5 aromatic rings. The highest BCUT2D eigenvalue weighted by atomic mass is 32.2. The van der Waals surface area contributed by atoms with Gasteiger partial charge >= 0.3 is 5.69 Å². The molecule has 2 fully saturated rings. The van der Waals surface area contributed by atoms with Crippen LogP contribution in [0.4, 0.5) is 0 Å². The second-order valence-electron chi connectivity index (χ2n) is 11.3. The molecule has 0 aliphatic heterocycles. The lowest BCUT2D eigenvalue weighted by atomic mass is 9.96. The first-order chi connectivity index (χ1) is 19.2. The maximum atomic E-state index is 13.6. The maximum Gasteiger partial charge on any atom is 0.329 e. The Morgan fingerprint density at radius 1 is 1.12 bits per heavy atom. The number of benzene rings is 1. The number of aromatic amines is 1. The van der Waals surface area contributed by atoms with Gasteiger partial charge in [-0.05, 0) is 18.4 Å². The van der Waals surface area contributed by atoms with Crippen LogP contribution in [-0.2, 0) is 28.3 Å². The van der Waals surface area contributed by atoms with Crippen LogP contribution in [0.15, 0.2) is 47.7 Å². The lowest BCUT2D eigenvalue weighted by Gasteiger charge is -2.13. The molecule has 7 rings (SSSR count). The number of H-pyrrole nitrogens is 1. The van der Waals surface area contributed by atoms with Crippen molar-refractivity contribution in [1.82, 2.24) is 28.9 Å². The van der Waals surface area contributed by atoms with Crippen molar-refractivity contribution >= 4 is 31.9 Å². The summed E-state index contributed by atoms with van der Waals surface area (Å²) in [4.78, 5) is 25.7. The molecule has 11 heteroatoms. The Hall–Kier alpha value is -4.17. The first-order valence-electron chi connectivity index (χ1n) is 13.5. The molecule has 1 N–H and O–H groups in total. The van der Waals surface area contributed by atoms with Gasteiger partial charge < -0.3 is 9.83 Å². The predicted molar refractivity (Wildman–Crippen MR) is 153 cm³/mol. The number of nitrogens with zero attached hydrogens (tertiary/aromatic N) is 6. The average molecular weight is 556 g/mol. The van der Waals surface area contributed by atoms with Gasteiger partial charge in [0, 0.05) is 55.1 Å². The Kier molecular flexibility index (Phi) is 5.38. The van der Waals surface area contributed by atoms with Gasteiger partial charge in [0.1, 0.15) is 11.5 Å². The number of nitrogens with one attached hydrogen (secondary N) is 1. The van der Waals surface area contributed by atoms with E-state index in [2.05, 4.69) is 14.9 Å². The zero-order chi connectivity index (χ0) is 27.8.